The van der Waals surface area contributed by atoms with Crippen molar-refractivity contribution in [2.75, 3.05) is 32.3 Å². The topological polar surface area (TPSA) is 82.0 Å². The largest absolute Gasteiger partial charge is 0.744 e. The van der Waals surface area contributed by atoms with Crippen molar-refractivity contribution in [2.45, 2.75) is 63.2 Å². The molecule has 0 radical (unpaired) electrons. The monoisotopic (exact) mass is 458 g/mol. The van der Waals surface area contributed by atoms with Crippen LogP contribution >= 0.6 is 0 Å². The van der Waals surface area contributed by atoms with E-state index in [0.717, 1.165) is 24.4 Å². The highest BCUT2D eigenvalue weighted by atomic mass is 32.2. The second-order valence-corrected chi connectivity index (χ2v) is 10.9. The standard InChI is InChI=1S/C15H30N2OS.C7H8O3S/c1-16-12-13-17(15-16)11-9-7-5-3-4-6-8-10-14-19(2)18;1-6-2-4-7(5-3-6)11(8,9)10/h12-13H,3-11,14-15H2,1-2H3;2-5H,1H3,(H,8,9,10). The summed E-state index contributed by atoms with van der Waals surface area (Å²) in [5.41, 5.74) is 0.928. The molecule has 0 spiro atoms. The molecule has 172 valence electrons. The summed E-state index contributed by atoms with van der Waals surface area (Å²) in [7, 11) is -2.73. The molecule has 2 rings (SSSR count). The van der Waals surface area contributed by atoms with Gasteiger partial charge in [0.25, 0.3) is 0 Å². The van der Waals surface area contributed by atoms with Gasteiger partial charge in [0.1, 0.15) is 16.3 Å². The first kappa shape index (κ1) is 26.8. The summed E-state index contributed by atoms with van der Waals surface area (Å²) >= 11 is 0. The van der Waals surface area contributed by atoms with E-state index in [0.29, 0.717) is 0 Å². The molecular formula is C22H38N2O4S2. The van der Waals surface area contributed by atoms with Gasteiger partial charge in [-0.2, -0.15) is 0 Å². The Morgan fingerprint density at radius 1 is 1.00 bits per heavy atom. The Morgan fingerprint density at radius 2 is 1.53 bits per heavy atom. The molecule has 0 amide bonds. The van der Waals surface area contributed by atoms with E-state index in [4.69, 9.17) is 0 Å². The zero-order valence-electron chi connectivity index (χ0n) is 18.6. The number of aryl methyl sites for hydroxylation is 1. The maximum absolute atomic E-state index is 10.9. The second-order valence-electron chi connectivity index (χ2n) is 8.01. The number of nitrogens with zero attached hydrogens (tertiary/aromatic N) is 1. The molecule has 0 aliphatic carbocycles. The van der Waals surface area contributed by atoms with Crippen molar-refractivity contribution in [1.82, 2.24) is 4.90 Å². The molecule has 1 aromatic carbocycles. The normalized spacial score (nSPS) is 16.9. The first-order chi connectivity index (χ1) is 14.2. The lowest BCUT2D eigenvalue weighted by Crippen LogP contribution is -3.07. The average Bonchev–Trinajstić information content (AvgIpc) is 3.08. The Hall–Kier alpha value is -1.22. The van der Waals surface area contributed by atoms with Gasteiger partial charge in [0.05, 0.1) is 17.6 Å². The molecule has 0 fully saturated rings. The maximum Gasteiger partial charge on any atom is 0.156 e. The minimum atomic E-state index is -4.27. The van der Waals surface area contributed by atoms with Crippen LogP contribution in [-0.4, -0.2) is 54.3 Å². The molecule has 8 heteroatoms. The van der Waals surface area contributed by atoms with E-state index in [2.05, 4.69) is 24.3 Å². The Kier molecular flexibility index (Phi) is 13.2. The average molecular weight is 459 g/mol. The van der Waals surface area contributed by atoms with Gasteiger partial charge in [-0.05, 0) is 38.3 Å². The fourth-order valence-corrected chi connectivity index (χ4v) is 4.32. The minimum absolute atomic E-state index is 0.178. The van der Waals surface area contributed by atoms with E-state index in [1.807, 2.05) is 6.92 Å². The van der Waals surface area contributed by atoms with E-state index in [9.17, 15) is 17.2 Å². The molecule has 2 atom stereocenters. The van der Waals surface area contributed by atoms with Crippen LogP contribution in [0.15, 0.2) is 41.6 Å². The number of nitrogens with one attached hydrogen (secondary N) is 1. The molecule has 1 N–H and O–H groups in total. The number of quaternary nitrogens is 1. The van der Waals surface area contributed by atoms with E-state index >= 15 is 0 Å². The summed E-state index contributed by atoms with van der Waals surface area (Å²) < 4.78 is 42.0. The van der Waals surface area contributed by atoms with Gasteiger partial charge >= 0.3 is 0 Å². The summed E-state index contributed by atoms with van der Waals surface area (Å²) in [4.78, 5) is 3.66. The van der Waals surface area contributed by atoms with Crippen molar-refractivity contribution in [3.8, 4) is 0 Å². The summed E-state index contributed by atoms with van der Waals surface area (Å²) in [5, 5.41) is 0. The Morgan fingerprint density at radius 3 is 2.00 bits per heavy atom. The molecule has 2 unspecified atom stereocenters. The number of hydrogen-bond acceptors (Lipinski definition) is 5. The summed E-state index contributed by atoms with van der Waals surface area (Å²) in [6.45, 7) is 4.24. The van der Waals surface area contributed by atoms with Crippen molar-refractivity contribution in [3.05, 3.63) is 42.2 Å². The first-order valence-electron chi connectivity index (χ1n) is 10.7. The van der Waals surface area contributed by atoms with Crippen molar-refractivity contribution in [1.29, 1.82) is 0 Å². The number of hydrogen-bond donors (Lipinski definition) is 1. The van der Waals surface area contributed by atoms with Crippen LogP contribution in [-0.2, 0) is 20.9 Å². The van der Waals surface area contributed by atoms with Crippen LogP contribution in [0.2, 0.25) is 0 Å². The molecule has 1 aromatic rings. The lowest BCUT2D eigenvalue weighted by Gasteiger charge is -2.12. The first-order valence-corrected chi connectivity index (χ1v) is 13.9. The van der Waals surface area contributed by atoms with Gasteiger partial charge in [-0.1, -0.05) is 49.8 Å². The van der Waals surface area contributed by atoms with Crippen LogP contribution < -0.4 is 4.90 Å². The van der Waals surface area contributed by atoms with Gasteiger partial charge in [0.15, 0.2) is 6.67 Å². The second kappa shape index (κ2) is 14.7. The van der Waals surface area contributed by atoms with Crippen molar-refractivity contribution < 1.29 is 22.1 Å². The molecule has 0 aromatic heterocycles. The number of rotatable bonds is 12. The molecule has 0 saturated heterocycles. The van der Waals surface area contributed by atoms with Gasteiger partial charge in [-0.15, -0.1) is 0 Å². The van der Waals surface area contributed by atoms with Gasteiger partial charge in [-0.3, -0.25) is 9.11 Å². The Balaban J connectivity index is 0.000000346. The Bertz CT molecular complexity index is 749. The quantitative estimate of drug-likeness (QED) is 0.385. The van der Waals surface area contributed by atoms with Crippen LogP contribution in [0.4, 0.5) is 0 Å². The Labute approximate surface area is 185 Å². The van der Waals surface area contributed by atoms with Crippen LogP contribution in [0.3, 0.4) is 0 Å². The van der Waals surface area contributed by atoms with E-state index in [1.54, 1.807) is 23.3 Å². The highest BCUT2D eigenvalue weighted by molar-refractivity contribution is 7.85. The third-order valence-electron chi connectivity index (χ3n) is 5.01. The molecule has 0 saturated carbocycles. The van der Waals surface area contributed by atoms with E-state index < -0.39 is 20.9 Å². The third-order valence-corrected chi connectivity index (χ3v) is 6.72. The molecule has 1 aliphatic heterocycles. The van der Waals surface area contributed by atoms with E-state index in [1.165, 1.54) is 63.6 Å². The van der Waals surface area contributed by atoms with Gasteiger partial charge in [-0.25, -0.2) is 8.42 Å². The number of unbranched alkanes of at least 4 members (excludes halogenated alkanes) is 7. The molecule has 0 bridgehead atoms. The van der Waals surface area contributed by atoms with Crippen molar-refractivity contribution in [3.63, 3.8) is 0 Å². The van der Waals surface area contributed by atoms with Gasteiger partial charge in [0.2, 0.25) is 0 Å². The molecule has 1 aliphatic rings. The van der Waals surface area contributed by atoms with Crippen LogP contribution in [0.1, 0.15) is 56.9 Å². The fraction of sp³-hybridized carbons (Fsp3) is 0.636. The predicted molar refractivity (Wildman–Crippen MR) is 123 cm³/mol. The summed E-state index contributed by atoms with van der Waals surface area (Å²) in [5.74, 6) is 0.889. The van der Waals surface area contributed by atoms with Crippen LogP contribution in [0.5, 0.6) is 0 Å². The molecular weight excluding hydrogens is 420 g/mol. The molecule has 30 heavy (non-hydrogen) atoms. The van der Waals surface area contributed by atoms with Crippen LogP contribution in [0.25, 0.3) is 0 Å². The maximum atomic E-state index is 10.9. The zero-order valence-corrected chi connectivity index (χ0v) is 20.3. The lowest BCUT2D eigenvalue weighted by molar-refractivity contribution is -0.848. The lowest BCUT2D eigenvalue weighted by atomic mass is 10.1. The van der Waals surface area contributed by atoms with Gasteiger partial charge in [0, 0.05) is 29.9 Å². The molecule has 6 nitrogen and oxygen atoms in total. The van der Waals surface area contributed by atoms with Crippen LogP contribution in [0, 0.1) is 6.92 Å². The van der Waals surface area contributed by atoms with Crippen molar-refractivity contribution >= 4 is 20.9 Å². The summed E-state index contributed by atoms with van der Waals surface area (Å²) in [6, 6.07) is 5.78. The van der Waals surface area contributed by atoms with Crippen molar-refractivity contribution in [2.24, 2.45) is 0 Å². The zero-order chi connectivity index (χ0) is 22.4. The highest BCUT2D eigenvalue weighted by Gasteiger charge is 2.12. The molecule has 1 heterocycles. The summed E-state index contributed by atoms with van der Waals surface area (Å²) in [6.07, 6.45) is 16.8. The SMILES string of the molecule is CN1C=C[NH+](CCCCCCCCCCS(C)=O)C1.Cc1ccc(S(=O)(=O)[O-])cc1. The smallest absolute Gasteiger partial charge is 0.156 e. The highest BCUT2D eigenvalue weighted by Crippen LogP contribution is 2.09. The fourth-order valence-electron chi connectivity index (χ4n) is 3.24. The van der Waals surface area contributed by atoms with E-state index in [-0.39, 0.29) is 4.90 Å². The van der Waals surface area contributed by atoms with Gasteiger partial charge < -0.3 is 9.45 Å². The minimum Gasteiger partial charge on any atom is -0.744 e. The number of benzene rings is 1. The third kappa shape index (κ3) is 13.2. The predicted octanol–water partition coefficient (Wildman–Crippen LogP) is 2.64.